The Labute approximate surface area is 197 Å². The van der Waals surface area contributed by atoms with Crippen LogP contribution in [0.3, 0.4) is 0 Å². The van der Waals surface area contributed by atoms with Crippen molar-refractivity contribution in [3.63, 3.8) is 0 Å². The van der Waals surface area contributed by atoms with Gasteiger partial charge in [0.1, 0.15) is 6.54 Å². The molecule has 1 amide bonds. The van der Waals surface area contributed by atoms with Gasteiger partial charge >= 0.3 is 0 Å². The predicted octanol–water partition coefficient (Wildman–Crippen LogP) is 2.47. The Morgan fingerprint density at radius 2 is 2.00 bits per heavy atom. The summed E-state index contributed by atoms with van der Waals surface area (Å²) in [5.74, 6) is 0.698. The second-order valence-corrected chi connectivity index (χ2v) is 8.09. The summed E-state index contributed by atoms with van der Waals surface area (Å²) in [5.41, 5.74) is 1.25. The number of aliphatic imine (C=N–C) groups is 1. The Morgan fingerprint density at radius 3 is 2.70 bits per heavy atom. The SMILES string of the molecule is CN(C)C(=O)CN=C(NCC1CCCCO1)NC1CCCN(c2ccccc2)C1.I. The lowest BCUT2D eigenvalue weighted by Gasteiger charge is -2.35. The molecule has 3 rings (SSSR count). The van der Waals surface area contributed by atoms with Crippen LogP contribution in [0.5, 0.6) is 0 Å². The van der Waals surface area contributed by atoms with Gasteiger partial charge in [-0.25, -0.2) is 4.99 Å². The summed E-state index contributed by atoms with van der Waals surface area (Å²) in [6.45, 7) is 3.68. The highest BCUT2D eigenvalue weighted by atomic mass is 127. The first-order valence-electron chi connectivity index (χ1n) is 10.8. The summed E-state index contributed by atoms with van der Waals surface area (Å²) >= 11 is 0. The van der Waals surface area contributed by atoms with Crippen molar-refractivity contribution in [2.24, 2.45) is 4.99 Å². The molecule has 2 atom stereocenters. The Kier molecular flexibility index (Phi) is 10.7. The van der Waals surface area contributed by atoms with Gasteiger partial charge in [0.15, 0.2) is 5.96 Å². The summed E-state index contributed by atoms with van der Waals surface area (Å²) in [6.07, 6.45) is 5.85. The van der Waals surface area contributed by atoms with Gasteiger partial charge in [-0.1, -0.05) is 18.2 Å². The maximum Gasteiger partial charge on any atom is 0.243 e. The molecule has 0 spiro atoms. The van der Waals surface area contributed by atoms with Crippen LogP contribution in [0.2, 0.25) is 0 Å². The van der Waals surface area contributed by atoms with E-state index >= 15 is 0 Å². The second-order valence-electron chi connectivity index (χ2n) is 8.09. The number of halogens is 1. The highest BCUT2D eigenvalue weighted by molar-refractivity contribution is 14.0. The Bertz CT molecular complexity index is 665. The van der Waals surface area contributed by atoms with Crippen LogP contribution in [0.1, 0.15) is 32.1 Å². The molecule has 2 fully saturated rings. The number of piperidine rings is 1. The number of hydrogen-bond donors (Lipinski definition) is 2. The van der Waals surface area contributed by atoms with Crippen LogP contribution in [-0.2, 0) is 9.53 Å². The van der Waals surface area contributed by atoms with E-state index in [1.54, 1.807) is 19.0 Å². The van der Waals surface area contributed by atoms with Crippen molar-refractivity contribution in [1.82, 2.24) is 15.5 Å². The molecule has 0 saturated carbocycles. The number of nitrogens with zero attached hydrogens (tertiary/aromatic N) is 3. The number of carbonyl (C=O) groups excluding carboxylic acids is 1. The molecule has 2 saturated heterocycles. The number of guanidine groups is 1. The highest BCUT2D eigenvalue weighted by Crippen LogP contribution is 2.19. The smallest absolute Gasteiger partial charge is 0.243 e. The first-order chi connectivity index (χ1) is 14.1. The molecule has 168 valence electrons. The van der Waals surface area contributed by atoms with Crippen molar-refractivity contribution in [3.8, 4) is 0 Å². The molecule has 30 heavy (non-hydrogen) atoms. The van der Waals surface area contributed by atoms with Crippen LogP contribution in [-0.4, -0.2) is 75.8 Å². The van der Waals surface area contributed by atoms with Gasteiger partial charge in [0, 0.05) is 52.1 Å². The summed E-state index contributed by atoms with van der Waals surface area (Å²) < 4.78 is 5.83. The zero-order valence-electron chi connectivity index (χ0n) is 18.2. The minimum atomic E-state index is -0.00503. The summed E-state index contributed by atoms with van der Waals surface area (Å²) in [6, 6.07) is 10.8. The van der Waals surface area contributed by atoms with E-state index in [2.05, 4.69) is 44.8 Å². The average Bonchev–Trinajstić information content (AvgIpc) is 2.77. The molecule has 1 aromatic carbocycles. The number of carbonyl (C=O) groups is 1. The second kappa shape index (κ2) is 13.0. The number of rotatable bonds is 6. The van der Waals surface area contributed by atoms with Gasteiger partial charge in [0.05, 0.1) is 6.10 Å². The zero-order chi connectivity index (χ0) is 20.5. The van der Waals surface area contributed by atoms with Gasteiger partial charge in [-0.2, -0.15) is 0 Å². The summed E-state index contributed by atoms with van der Waals surface area (Å²) in [7, 11) is 3.51. The van der Waals surface area contributed by atoms with Crippen molar-refractivity contribution in [1.29, 1.82) is 0 Å². The number of amides is 1. The number of anilines is 1. The van der Waals surface area contributed by atoms with E-state index in [0.717, 1.165) is 51.9 Å². The topological polar surface area (TPSA) is 69.2 Å². The fourth-order valence-electron chi connectivity index (χ4n) is 3.78. The van der Waals surface area contributed by atoms with E-state index in [1.807, 2.05) is 6.07 Å². The van der Waals surface area contributed by atoms with Gasteiger partial charge in [-0.05, 0) is 44.2 Å². The fourth-order valence-corrected chi connectivity index (χ4v) is 3.78. The van der Waals surface area contributed by atoms with Crippen LogP contribution < -0.4 is 15.5 Å². The van der Waals surface area contributed by atoms with E-state index in [1.165, 1.54) is 12.1 Å². The number of ether oxygens (including phenoxy) is 1. The third kappa shape index (κ3) is 7.94. The van der Waals surface area contributed by atoms with Crippen LogP contribution in [0.15, 0.2) is 35.3 Å². The average molecular weight is 529 g/mol. The Morgan fingerprint density at radius 1 is 1.20 bits per heavy atom. The molecule has 2 unspecified atom stereocenters. The predicted molar refractivity (Wildman–Crippen MR) is 133 cm³/mol. The molecule has 0 bridgehead atoms. The zero-order valence-corrected chi connectivity index (χ0v) is 20.5. The van der Waals surface area contributed by atoms with Crippen LogP contribution in [0, 0.1) is 0 Å². The lowest BCUT2D eigenvalue weighted by atomic mass is 10.0. The van der Waals surface area contributed by atoms with Crippen LogP contribution in [0.4, 0.5) is 5.69 Å². The molecule has 0 aliphatic carbocycles. The van der Waals surface area contributed by atoms with E-state index < -0.39 is 0 Å². The Balaban J connectivity index is 0.00000320. The number of para-hydroxylation sites is 1. The molecule has 2 N–H and O–H groups in total. The maximum absolute atomic E-state index is 12.0. The lowest BCUT2D eigenvalue weighted by molar-refractivity contribution is -0.127. The number of nitrogens with one attached hydrogen (secondary N) is 2. The van der Waals surface area contributed by atoms with Gasteiger partial charge in [-0.3, -0.25) is 4.79 Å². The van der Waals surface area contributed by atoms with E-state index in [4.69, 9.17) is 4.74 Å². The molecule has 2 aliphatic heterocycles. The third-order valence-corrected chi connectivity index (χ3v) is 5.53. The first-order valence-corrected chi connectivity index (χ1v) is 10.8. The van der Waals surface area contributed by atoms with E-state index in [0.29, 0.717) is 5.96 Å². The van der Waals surface area contributed by atoms with Gasteiger partial charge in [-0.15, -0.1) is 24.0 Å². The minimum absolute atomic E-state index is 0. The van der Waals surface area contributed by atoms with E-state index in [-0.39, 0.29) is 48.6 Å². The molecule has 2 heterocycles. The van der Waals surface area contributed by atoms with Crippen LogP contribution in [0.25, 0.3) is 0 Å². The molecule has 1 aromatic rings. The first kappa shape index (κ1) is 24.7. The molecular weight excluding hydrogens is 493 g/mol. The normalized spacial score (nSPS) is 22.1. The minimum Gasteiger partial charge on any atom is -0.376 e. The van der Waals surface area contributed by atoms with Crippen molar-refractivity contribution < 1.29 is 9.53 Å². The number of benzene rings is 1. The van der Waals surface area contributed by atoms with E-state index in [9.17, 15) is 4.79 Å². The largest absolute Gasteiger partial charge is 0.376 e. The summed E-state index contributed by atoms with van der Waals surface area (Å²) in [5, 5.41) is 6.97. The van der Waals surface area contributed by atoms with Crippen molar-refractivity contribution in [3.05, 3.63) is 30.3 Å². The maximum atomic E-state index is 12.0. The van der Waals surface area contributed by atoms with Gasteiger partial charge in [0.2, 0.25) is 5.91 Å². The third-order valence-electron chi connectivity index (χ3n) is 5.53. The molecule has 7 nitrogen and oxygen atoms in total. The molecule has 0 aromatic heterocycles. The standard InChI is InChI=1S/C22H35N5O2.HI/c1-26(2)21(28)16-24-22(23-15-20-12-6-7-14-29-20)25-18-9-8-13-27(17-18)19-10-4-3-5-11-19;/h3-5,10-11,18,20H,6-9,12-17H2,1-2H3,(H2,23,24,25);1H. The Hall–Kier alpha value is -1.55. The monoisotopic (exact) mass is 529 g/mol. The van der Waals surface area contributed by atoms with Crippen molar-refractivity contribution in [2.75, 3.05) is 51.8 Å². The van der Waals surface area contributed by atoms with Crippen LogP contribution >= 0.6 is 24.0 Å². The fraction of sp³-hybridized carbons (Fsp3) is 0.636. The summed E-state index contributed by atoms with van der Waals surface area (Å²) in [4.78, 5) is 20.5. The van der Waals surface area contributed by atoms with Crippen molar-refractivity contribution in [2.45, 2.75) is 44.2 Å². The van der Waals surface area contributed by atoms with Gasteiger partial charge in [0.25, 0.3) is 0 Å². The molecule has 8 heteroatoms. The highest BCUT2D eigenvalue weighted by Gasteiger charge is 2.22. The van der Waals surface area contributed by atoms with Crippen molar-refractivity contribution >= 4 is 41.5 Å². The quantitative estimate of drug-likeness (QED) is 0.337. The molecular formula is C22H36IN5O2. The molecule has 0 radical (unpaired) electrons. The molecule has 2 aliphatic rings. The van der Waals surface area contributed by atoms with Gasteiger partial charge < -0.3 is 25.2 Å². The number of likely N-dealkylation sites (N-methyl/N-ethyl adjacent to an activating group) is 1. The lowest BCUT2D eigenvalue weighted by Crippen LogP contribution is -2.52. The number of hydrogen-bond acceptors (Lipinski definition) is 4.